The van der Waals surface area contributed by atoms with E-state index in [1.165, 1.54) is 24.4 Å². The van der Waals surface area contributed by atoms with Crippen molar-refractivity contribution in [2.75, 3.05) is 5.32 Å². The highest BCUT2D eigenvalue weighted by Crippen LogP contribution is 2.22. The zero-order chi connectivity index (χ0) is 15.5. The molecule has 0 unspecified atom stereocenters. The van der Waals surface area contributed by atoms with Gasteiger partial charge in [-0.2, -0.15) is 5.26 Å². The molecule has 2 aromatic rings. The summed E-state index contributed by atoms with van der Waals surface area (Å²) < 4.78 is 13.8. The van der Waals surface area contributed by atoms with Crippen LogP contribution in [0.15, 0.2) is 24.4 Å². The Labute approximate surface area is 126 Å². The van der Waals surface area contributed by atoms with Crippen LogP contribution in [0, 0.1) is 17.1 Å². The topological polar surface area (TPSA) is 78.7 Å². The number of carbonyl (C=O) groups excluding carboxylic acids is 1. The first-order valence-corrected chi connectivity index (χ1v) is 7.03. The van der Waals surface area contributed by atoms with Gasteiger partial charge in [0, 0.05) is 12.6 Å². The molecular weight excluding hydrogens is 283 g/mol. The van der Waals surface area contributed by atoms with Gasteiger partial charge in [-0.15, -0.1) is 0 Å². The maximum absolute atomic E-state index is 13.8. The normalized spacial score (nSPS) is 13.9. The summed E-state index contributed by atoms with van der Waals surface area (Å²) >= 11 is 0. The first kappa shape index (κ1) is 14.1. The monoisotopic (exact) mass is 296 g/mol. The molecule has 1 aliphatic carbocycles. The fourth-order valence-electron chi connectivity index (χ4n) is 2.42. The van der Waals surface area contributed by atoms with Gasteiger partial charge in [0.05, 0.1) is 28.6 Å². The molecule has 0 aliphatic heterocycles. The molecule has 1 aromatic carbocycles. The number of carbonyl (C=O) groups is 1. The van der Waals surface area contributed by atoms with Crippen molar-refractivity contribution < 1.29 is 9.18 Å². The van der Waals surface area contributed by atoms with Crippen molar-refractivity contribution in [3.63, 3.8) is 0 Å². The summed E-state index contributed by atoms with van der Waals surface area (Å²) in [6.45, 7) is 0. The number of hydrogen-bond donors (Lipinski definition) is 1. The molecule has 0 spiro atoms. The van der Waals surface area contributed by atoms with Crippen LogP contribution in [0.1, 0.15) is 40.9 Å². The Balaban J connectivity index is 1.92. The molecule has 1 aromatic heterocycles. The minimum absolute atomic E-state index is 0.0525. The van der Waals surface area contributed by atoms with Crippen molar-refractivity contribution in [1.82, 2.24) is 9.97 Å². The number of benzene rings is 1. The number of aromatic nitrogens is 2. The summed E-state index contributed by atoms with van der Waals surface area (Å²) in [5.41, 5.74) is 1.72. The molecule has 1 heterocycles. The summed E-state index contributed by atoms with van der Waals surface area (Å²) in [5.74, 6) is -0.215. The van der Waals surface area contributed by atoms with Gasteiger partial charge in [-0.25, -0.2) is 14.4 Å². The average molecular weight is 296 g/mol. The number of nitriles is 1. The summed E-state index contributed by atoms with van der Waals surface area (Å²) in [5, 5.41) is 11.6. The van der Waals surface area contributed by atoms with Crippen molar-refractivity contribution >= 4 is 17.4 Å². The van der Waals surface area contributed by atoms with Crippen LogP contribution < -0.4 is 5.32 Å². The van der Waals surface area contributed by atoms with Crippen LogP contribution in [-0.2, 0) is 6.42 Å². The van der Waals surface area contributed by atoms with Gasteiger partial charge in [-0.1, -0.05) is 0 Å². The van der Waals surface area contributed by atoms with Crippen LogP contribution in [0.4, 0.5) is 16.0 Å². The van der Waals surface area contributed by atoms with Gasteiger partial charge in [0.25, 0.3) is 0 Å². The largest absolute Gasteiger partial charge is 0.322 e. The van der Waals surface area contributed by atoms with Crippen LogP contribution in [0.5, 0.6) is 0 Å². The highest BCUT2D eigenvalue weighted by Gasteiger charge is 2.18. The zero-order valence-corrected chi connectivity index (χ0v) is 11.8. The Hall–Kier alpha value is -2.81. The second kappa shape index (κ2) is 5.90. The predicted octanol–water partition coefficient (Wildman–Crippen LogP) is 3.14. The Morgan fingerprint density at radius 2 is 2.09 bits per heavy atom. The first-order valence-electron chi connectivity index (χ1n) is 7.03. The van der Waals surface area contributed by atoms with Gasteiger partial charge in [-0.3, -0.25) is 4.79 Å². The summed E-state index contributed by atoms with van der Waals surface area (Å²) in [7, 11) is 0. The van der Waals surface area contributed by atoms with E-state index in [9.17, 15) is 9.18 Å². The van der Waals surface area contributed by atoms with E-state index in [1.807, 2.05) is 6.07 Å². The van der Waals surface area contributed by atoms with Crippen LogP contribution in [0.2, 0.25) is 0 Å². The number of Topliss-reactive ketones (excluding diaryl/α,β-unsaturated/α-hetero) is 1. The van der Waals surface area contributed by atoms with Crippen molar-refractivity contribution in [1.29, 1.82) is 5.26 Å². The van der Waals surface area contributed by atoms with Gasteiger partial charge >= 0.3 is 0 Å². The van der Waals surface area contributed by atoms with Crippen LogP contribution in [-0.4, -0.2) is 15.8 Å². The number of hydrogen-bond acceptors (Lipinski definition) is 5. The quantitative estimate of drug-likeness (QED) is 0.861. The molecule has 6 heteroatoms. The second-order valence-corrected chi connectivity index (χ2v) is 5.12. The van der Waals surface area contributed by atoms with E-state index in [0.29, 0.717) is 29.7 Å². The molecule has 0 amide bonds. The van der Waals surface area contributed by atoms with Crippen molar-refractivity contribution in [3.8, 4) is 6.07 Å². The summed E-state index contributed by atoms with van der Waals surface area (Å²) in [6.07, 6.45) is 4.45. The lowest BCUT2D eigenvalue weighted by molar-refractivity contribution is 0.0981. The maximum Gasteiger partial charge on any atom is 0.227 e. The third-order valence-electron chi connectivity index (χ3n) is 3.58. The molecule has 0 fully saturated rings. The predicted molar refractivity (Wildman–Crippen MR) is 78.3 cm³/mol. The zero-order valence-electron chi connectivity index (χ0n) is 11.8. The molecule has 5 nitrogen and oxygen atoms in total. The van der Waals surface area contributed by atoms with E-state index in [0.717, 1.165) is 12.8 Å². The van der Waals surface area contributed by atoms with Crippen molar-refractivity contribution in [3.05, 3.63) is 47.0 Å². The molecule has 0 atom stereocenters. The number of ketones is 1. The lowest BCUT2D eigenvalue weighted by atomic mass is 10.1. The Kier molecular flexibility index (Phi) is 3.79. The van der Waals surface area contributed by atoms with Gasteiger partial charge in [-0.05, 0) is 37.5 Å². The third-order valence-corrected chi connectivity index (χ3v) is 3.58. The number of halogens is 1. The Morgan fingerprint density at radius 3 is 2.91 bits per heavy atom. The Morgan fingerprint density at radius 1 is 1.27 bits per heavy atom. The maximum atomic E-state index is 13.8. The smallest absolute Gasteiger partial charge is 0.227 e. The minimum Gasteiger partial charge on any atom is -0.322 e. The highest BCUT2D eigenvalue weighted by molar-refractivity contribution is 5.97. The van der Waals surface area contributed by atoms with E-state index in [1.54, 1.807) is 0 Å². The molecule has 1 N–H and O–H groups in total. The van der Waals surface area contributed by atoms with Crippen LogP contribution in [0.3, 0.4) is 0 Å². The van der Waals surface area contributed by atoms with Gasteiger partial charge < -0.3 is 5.32 Å². The van der Waals surface area contributed by atoms with Crippen molar-refractivity contribution in [2.45, 2.75) is 25.7 Å². The third kappa shape index (κ3) is 2.79. The number of anilines is 2. The van der Waals surface area contributed by atoms with Crippen LogP contribution >= 0.6 is 0 Å². The Bertz CT molecular complexity index is 782. The second-order valence-electron chi connectivity index (χ2n) is 5.12. The molecule has 0 radical (unpaired) electrons. The standard InChI is InChI=1S/C16H13FN4O/c17-12-6-5-10(8-18)7-14(12)21-16-19-9-11-13(20-16)3-1-2-4-15(11)22/h5-7,9H,1-4H2,(H,19,20,21). The van der Waals surface area contributed by atoms with E-state index >= 15 is 0 Å². The average Bonchev–Trinajstić information content (AvgIpc) is 2.71. The molecule has 0 saturated carbocycles. The minimum atomic E-state index is -0.492. The fourth-order valence-corrected chi connectivity index (χ4v) is 2.42. The number of fused-ring (bicyclic) bond motifs is 1. The lowest BCUT2D eigenvalue weighted by Gasteiger charge is -2.09. The first-order chi connectivity index (χ1) is 10.7. The van der Waals surface area contributed by atoms with Gasteiger partial charge in [0.1, 0.15) is 5.82 Å². The van der Waals surface area contributed by atoms with E-state index < -0.39 is 5.82 Å². The van der Waals surface area contributed by atoms with E-state index in [-0.39, 0.29) is 17.4 Å². The number of nitrogens with one attached hydrogen (secondary N) is 1. The number of aryl methyl sites for hydroxylation is 1. The lowest BCUT2D eigenvalue weighted by Crippen LogP contribution is -2.07. The van der Waals surface area contributed by atoms with Gasteiger partial charge in [0.2, 0.25) is 5.95 Å². The summed E-state index contributed by atoms with van der Waals surface area (Å²) in [4.78, 5) is 20.3. The fraction of sp³-hybridized carbons (Fsp3) is 0.250. The molecule has 22 heavy (non-hydrogen) atoms. The van der Waals surface area contributed by atoms with Crippen molar-refractivity contribution in [2.24, 2.45) is 0 Å². The SMILES string of the molecule is N#Cc1ccc(F)c(Nc2ncc3c(n2)CCCCC3=O)c1. The van der Waals surface area contributed by atoms with E-state index in [2.05, 4.69) is 15.3 Å². The molecular formula is C16H13FN4O. The van der Waals surface area contributed by atoms with Crippen LogP contribution in [0.25, 0.3) is 0 Å². The molecule has 0 saturated heterocycles. The molecule has 110 valence electrons. The molecule has 3 rings (SSSR count). The molecule has 1 aliphatic rings. The molecule has 0 bridgehead atoms. The van der Waals surface area contributed by atoms with E-state index in [4.69, 9.17) is 5.26 Å². The number of rotatable bonds is 2. The highest BCUT2D eigenvalue weighted by atomic mass is 19.1. The summed E-state index contributed by atoms with van der Waals surface area (Å²) in [6, 6.07) is 5.97. The number of nitrogens with zero attached hydrogens (tertiary/aromatic N) is 3. The van der Waals surface area contributed by atoms with Gasteiger partial charge in [0.15, 0.2) is 5.78 Å².